The molecule has 0 spiro atoms. The van der Waals surface area contributed by atoms with Gasteiger partial charge in [0.15, 0.2) is 10.7 Å². The zero-order valence-corrected chi connectivity index (χ0v) is 14.2. The SMILES string of the molecule is FC(F)(F)C(=C(NC(=S)n1cnc2ccccc21)C(F)(F)C(F)(F)F)C(F)(F)F. The van der Waals surface area contributed by atoms with Crippen LogP contribution in [0.25, 0.3) is 11.0 Å². The number of allylic oxidation sites excluding steroid dienone is 2. The zero-order chi connectivity index (χ0) is 22.4. The van der Waals surface area contributed by atoms with E-state index in [9.17, 15) is 48.3 Å². The van der Waals surface area contributed by atoms with Crippen LogP contribution in [0.2, 0.25) is 0 Å². The van der Waals surface area contributed by atoms with E-state index in [1.54, 1.807) is 0 Å². The van der Waals surface area contributed by atoms with Gasteiger partial charge >= 0.3 is 24.5 Å². The van der Waals surface area contributed by atoms with Crippen molar-refractivity contribution in [2.24, 2.45) is 0 Å². The zero-order valence-electron chi connectivity index (χ0n) is 13.3. The molecule has 29 heavy (non-hydrogen) atoms. The normalized spacial score (nSPS) is 13.5. The summed E-state index contributed by atoms with van der Waals surface area (Å²) in [5, 5.41) is -0.520. The third-order valence-electron chi connectivity index (χ3n) is 3.39. The van der Waals surface area contributed by atoms with E-state index in [1.807, 2.05) is 0 Å². The average Bonchev–Trinajstić information content (AvgIpc) is 2.94. The van der Waals surface area contributed by atoms with Crippen molar-refractivity contribution >= 4 is 28.4 Å². The van der Waals surface area contributed by atoms with Gasteiger partial charge in [-0.3, -0.25) is 4.57 Å². The number of aromatic nitrogens is 2. The van der Waals surface area contributed by atoms with Gasteiger partial charge < -0.3 is 5.32 Å². The molecule has 3 nitrogen and oxygen atoms in total. The number of nitrogens with one attached hydrogen (secondary N) is 1. The Balaban J connectivity index is 2.71. The van der Waals surface area contributed by atoms with Crippen LogP contribution in [0.4, 0.5) is 48.3 Å². The molecule has 1 aromatic carbocycles. The fourth-order valence-corrected chi connectivity index (χ4v) is 2.42. The maximum atomic E-state index is 13.7. The molecule has 0 atom stereocenters. The summed E-state index contributed by atoms with van der Waals surface area (Å²) in [6.07, 6.45) is -19.3. The van der Waals surface area contributed by atoms with E-state index in [4.69, 9.17) is 0 Å². The van der Waals surface area contributed by atoms with E-state index in [1.165, 1.54) is 24.3 Å². The summed E-state index contributed by atoms with van der Waals surface area (Å²) in [5.74, 6) is -6.56. The Morgan fingerprint density at radius 1 is 0.862 bits per heavy atom. The molecule has 0 aliphatic rings. The van der Waals surface area contributed by atoms with Crippen LogP contribution in [0.1, 0.15) is 0 Å². The molecule has 0 bridgehead atoms. The Morgan fingerprint density at radius 3 is 1.86 bits per heavy atom. The van der Waals surface area contributed by atoms with Gasteiger partial charge in [-0.25, -0.2) is 4.98 Å². The number of halogens is 11. The van der Waals surface area contributed by atoms with Crippen LogP contribution < -0.4 is 5.32 Å². The predicted octanol–water partition coefficient (Wildman–Crippen LogP) is 5.34. The summed E-state index contributed by atoms with van der Waals surface area (Å²) in [4.78, 5) is 3.67. The number of hydrogen-bond donors (Lipinski definition) is 1. The van der Waals surface area contributed by atoms with Crippen LogP contribution in [-0.2, 0) is 0 Å². The molecule has 1 aromatic heterocycles. The predicted molar refractivity (Wildman–Crippen MR) is 81.0 cm³/mol. The van der Waals surface area contributed by atoms with E-state index < -0.39 is 40.8 Å². The van der Waals surface area contributed by atoms with Gasteiger partial charge in [-0.1, -0.05) is 12.1 Å². The monoisotopic (exact) mass is 457 g/mol. The number of para-hydroxylation sites is 2. The molecule has 0 aliphatic carbocycles. The highest BCUT2D eigenvalue weighted by molar-refractivity contribution is 7.80. The van der Waals surface area contributed by atoms with Gasteiger partial charge in [0.1, 0.15) is 12.0 Å². The first-order valence-electron chi connectivity index (χ1n) is 7.05. The van der Waals surface area contributed by atoms with Crippen LogP contribution in [-0.4, -0.2) is 39.1 Å². The molecule has 1 N–H and O–H groups in total. The van der Waals surface area contributed by atoms with Gasteiger partial charge in [0.05, 0.1) is 11.0 Å². The van der Waals surface area contributed by atoms with Crippen molar-refractivity contribution in [3.63, 3.8) is 0 Å². The molecule has 2 rings (SSSR count). The topological polar surface area (TPSA) is 29.9 Å². The van der Waals surface area contributed by atoms with Gasteiger partial charge in [0.25, 0.3) is 0 Å². The highest BCUT2D eigenvalue weighted by atomic mass is 32.1. The van der Waals surface area contributed by atoms with Crippen molar-refractivity contribution < 1.29 is 48.3 Å². The third kappa shape index (κ3) is 4.43. The molecule has 0 fully saturated rings. The smallest absolute Gasteiger partial charge is 0.330 e. The Labute approximate surface area is 158 Å². The number of thiocarbonyl (C=S) groups is 1. The van der Waals surface area contributed by atoms with E-state index in [2.05, 4.69) is 17.2 Å². The minimum Gasteiger partial charge on any atom is -0.330 e. The van der Waals surface area contributed by atoms with Gasteiger partial charge in [0.2, 0.25) is 0 Å². The minimum atomic E-state index is -6.79. The van der Waals surface area contributed by atoms with Crippen molar-refractivity contribution in [1.29, 1.82) is 0 Å². The quantitative estimate of drug-likeness (QED) is 0.488. The van der Waals surface area contributed by atoms with E-state index in [0.717, 1.165) is 11.6 Å². The Morgan fingerprint density at radius 2 is 1.38 bits per heavy atom. The Hall–Kier alpha value is -2.45. The van der Waals surface area contributed by atoms with Crippen molar-refractivity contribution in [3.05, 3.63) is 41.9 Å². The largest absolute Gasteiger partial charge is 0.459 e. The number of hydrogen-bond acceptors (Lipinski definition) is 2. The molecule has 0 unspecified atom stereocenters. The van der Waals surface area contributed by atoms with Crippen molar-refractivity contribution in [1.82, 2.24) is 14.9 Å². The lowest BCUT2D eigenvalue weighted by molar-refractivity contribution is -0.269. The maximum Gasteiger partial charge on any atom is 0.459 e. The summed E-state index contributed by atoms with van der Waals surface area (Å²) in [5.41, 5.74) is -7.54. The second-order valence-corrected chi connectivity index (χ2v) is 5.74. The van der Waals surface area contributed by atoms with Crippen LogP contribution in [0.3, 0.4) is 0 Å². The highest BCUT2D eigenvalue weighted by Crippen LogP contribution is 2.48. The van der Waals surface area contributed by atoms with Crippen LogP contribution in [0.15, 0.2) is 41.9 Å². The molecule has 0 saturated heterocycles. The average molecular weight is 457 g/mol. The van der Waals surface area contributed by atoms with Crippen molar-refractivity contribution in [2.75, 3.05) is 0 Å². The van der Waals surface area contributed by atoms with E-state index in [0.29, 0.717) is 4.57 Å². The molecule has 2 aromatic rings. The molecule has 0 saturated carbocycles. The third-order valence-corrected chi connectivity index (χ3v) is 3.69. The van der Waals surface area contributed by atoms with Crippen molar-refractivity contribution in [2.45, 2.75) is 24.5 Å². The maximum absolute atomic E-state index is 13.7. The first-order valence-corrected chi connectivity index (χ1v) is 7.46. The molecule has 0 radical (unpaired) electrons. The highest BCUT2D eigenvalue weighted by Gasteiger charge is 2.66. The summed E-state index contributed by atoms with van der Waals surface area (Å²) in [6.45, 7) is 0. The van der Waals surface area contributed by atoms with Crippen LogP contribution in [0.5, 0.6) is 0 Å². The summed E-state index contributed by atoms with van der Waals surface area (Å²) >= 11 is 4.48. The molecular weight excluding hydrogens is 451 g/mol. The lowest BCUT2D eigenvalue weighted by atomic mass is 10.1. The second-order valence-electron chi connectivity index (χ2n) is 5.35. The number of imidazole rings is 1. The van der Waals surface area contributed by atoms with Gasteiger partial charge in [0, 0.05) is 0 Å². The molecular formula is C14H6F11N3S. The molecule has 15 heteroatoms. The van der Waals surface area contributed by atoms with Gasteiger partial charge in [-0.2, -0.15) is 48.3 Å². The molecule has 0 aliphatic heterocycles. The summed E-state index contributed by atoms with van der Waals surface area (Å²) < 4.78 is 143. The molecule has 0 amide bonds. The van der Waals surface area contributed by atoms with E-state index >= 15 is 0 Å². The first kappa shape index (κ1) is 22.8. The van der Waals surface area contributed by atoms with Crippen LogP contribution in [0, 0.1) is 0 Å². The number of rotatable bonds is 2. The standard InChI is InChI=1S/C14H6F11N3S/c15-11(16,14(23,24)25)9(8(12(17,18)19)13(20,21)22)27-10(29)28-5-26-6-3-1-2-4-7(6)28/h1-5H,(H,27,29). The van der Waals surface area contributed by atoms with Crippen LogP contribution >= 0.6 is 12.2 Å². The molecule has 1 heterocycles. The van der Waals surface area contributed by atoms with Gasteiger partial charge in [-0.05, 0) is 24.4 Å². The lowest BCUT2D eigenvalue weighted by Crippen LogP contribution is -2.49. The summed E-state index contributed by atoms with van der Waals surface area (Å²) in [6, 6.07) is 5.30. The fraction of sp³-hybridized carbons (Fsp3) is 0.286. The lowest BCUT2D eigenvalue weighted by Gasteiger charge is -2.28. The minimum absolute atomic E-state index is 0.0692. The first-order chi connectivity index (χ1) is 13.0. The second kappa shape index (κ2) is 7.11. The molecule has 160 valence electrons. The number of fused-ring (bicyclic) bond motifs is 1. The Bertz CT molecular complexity index is 934. The number of nitrogens with zero attached hydrogens (tertiary/aromatic N) is 2. The number of benzene rings is 1. The fourth-order valence-electron chi connectivity index (χ4n) is 2.17. The summed E-state index contributed by atoms with van der Waals surface area (Å²) in [7, 11) is 0. The number of alkyl halides is 11. The van der Waals surface area contributed by atoms with Gasteiger partial charge in [-0.15, -0.1) is 0 Å². The van der Waals surface area contributed by atoms with E-state index in [-0.39, 0.29) is 11.0 Å². The Kier molecular flexibility index (Phi) is 5.60. The van der Waals surface area contributed by atoms with Crippen molar-refractivity contribution in [3.8, 4) is 0 Å².